The van der Waals surface area contributed by atoms with E-state index < -0.39 is 5.67 Å². The Hall–Kier alpha value is -0.930. The third-order valence-electron chi connectivity index (χ3n) is 3.56. The van der Waals surface area contributed by atoms with Gasteiger partial charge in [0.25, 0.3) is 0 Å². The van der Waals surface area contributed by atoms with Gasteiger partial charge in [0, 0.05) is 32.7 Å². The van der Waals surface area contributed by atoms with E-state index in [1.54, 1.807) is 13.8 Å². The third kappa shape index (κ3) is 3.30. The molecule has 0 spiro atoms. The van der Waals surface area contributed by atoms with Gasteiger partial charge in [-0.05, 0) is 37.5 Å². The first kappa shape index (κ1) is 13.5. The van der Waals surface area contributed by atoms with E-state index in [9.17, 15) is 4.39 Å². The molecule has 1 N–H and O–H groups in total. The molecule has 1 aliphatic rings. The summed E-state index contributed by atoms with van der Waals surface area (Å²) in [5.74, 6) is 0. The number of hydrogen-bond donors (Lipinski definition) is 1. The second-order valence-electron chi connectivity index (χ2n) is 5.65. The summed E-state index contributed by atoms with van der Waals surface area (Å²) in [5.41, 5.74) is 1.80. The highest BCUT2D eigenvalue weighted by molar-refractivity contribution is 5.34. The van der Waals surface area contributed by atoms with Crippen molar-refractivity contribution in [3.05, 3.63) is 34.9 Å². The molecule has 1 aliphatic heterocycles. The van der Waals surface area contributed by atoms with Crippen LogP contribution in [0.4, 0.5) is 4.39 Å². The van der Waals surface area contributed by atoms with Crippen molar-refractivity contribution in [3.8, 4) is 0 Å². The van der Waals surface area contributed by atoms with Gasteiger partial charge in [0.2, 0.25) is 0 Å². The molecule has 1 aromatic carbocycles. The van der Waals surface area contributed by atoms with E-state index in [0.717, 1.165) is 43.9 Å². The van der Waals surface area contributed by atoms with Crippen LogP contribution in [0.15, 0.2) is 18.2 Å². The number of aryl methyl sites for hydroxylation is 1. The normalized spacial score (nSPS) is 18.0. The van der Waals surface area contributed by atoms with Crippen LogP contribution in [0.3, 0.4) is 0 Å². The Morgan fingerprint density at radius 3 is 2.56 bits per heavy atom. The summed E-state index contributed by atoms with van der Waals surface area (Å²) in [7, 11) is 0. The largest absolute Gasteiger partial charge is 0.314 e. The first-order valence-corrected chi connectivity index (χ1v) is 6.69. The lowest BCUT2D eigenvalue weighted by Crippen LogP contribution is -2.42. The minimum absolute atomic E-state index is 0.815. The number of benzene rings is 1. The predicted octanol–water partition coefficient (Wildman–Crippen LogP) is 2.60. The number of alkyl halides is 1. The van der Waals surface area contributed by atoms with Crippen LogP contribution in [0.25, 0.3) is 0 Å². The van der Waals surface area contributed by atoms with Gasteiger partial charge in [0.1, 0.15) is 5.67 Å². The number of nitrogens with one attached hydrogen (secondary N) is 1. The molecule has 100 valence electrons. The van der Waals surface area contributed by atoms with Gasteiger partial charge in [-0.1, -0.05) is 18.2 Å². The fraction of sp³-hybridized carbons (Fsp3) is 0.600. The van der Waals surface area contributed by atoms with Gasteiger partial charge in [-0.2, -0.15) is 0 Å². The highest BCUT2D eigenvalue weighted by atomic mass is 19.1. The monoisotopic (exact) mass is 250 g/mol. The van der Waals surface area contributed by atoms with Crippen molar-refractivity contribution in [2.75, 3.05) is 26.2 Å². The second-order valence-corrected chi connectivity index (χ2v) is 5.65. The molecule has 2 rings (SSSR count). The number of hydrogen-bond acceptors (Lipinski definition) is 2. The van der Waals surface area contributed by atoms with Gasteiger partial charge in [0.05, 0.1) is 0 Å². The molecule has 0 bridgehead atoms. The summed E-state index contributed by atoms with van der Waals surface area (Å²) in [6, 6.07) is 6.18. The second kappa shape index (κ2) is 5.37. The molecule has 0 aliphatic carbocycles. The molecule has 1 saturated heterocycles. The standard InChI is InChI=1S/C15H23FN2/c1-12-4-5-13(10-14(12)15(2,3)16)11-18-8-6-17-7-9-18/h4-5,10,17H,6-9,11H2,1-3H3. The van der Waals surface area contributed by atoms with E-state index in [-0.39, 0.29) is 0 Å². The zero-order valence-corrected chi connectivity index (χ0v) is 11.6. The number of rotatable bonds is 3. The van der Waals surface area contributed by atoms with E-state index in [1.807, 2.05) is 19.1 Å². The molecule has 0 unspecified atom stereocenters. The number of halogens is 1. The maximum Gasteiger partial charge on any atom is 0.130 e. The molecule has 0 aromatic heterocycles. The Morgan fingerprint density at radius 1 is 1.28 bits per heavy atom. The average molecular weight is 250 g/mol. The Labute approximate surface area is 109 Å². The molecular weight excluding hydrogens is 227 g/mol. The first-order valence-electron chi connectivity index (χ1n) is 6.69. The highest BCUT2D eigenvalue weighted by Gasteiger charge is 2.21. The van der Waals surface area contributed by atoms with Crippen molar-refractivity contribution in [2.24, 2.45) is 0 Å². The van der Waals surface area contributed by atoms with Gasteiger partial charge < -0.3 is 5.32 Å². The van der Waals surface area contributed by atoms with E-state index in [1.165, 1.54) is 5.56 Å². The topological polar surface area (TPSA) is 15.3 Å². The summed E-state index contributed by atoms with van der Waals surface area (Å²) >= 11 is 0. The lowest BCUT2D eigenvalue weighted by atomic mass is 9.93. The van der Waals surface area contributed by atoms with Crippen molar-refractivity contribution >= 4 is 0 Å². The van der Waals surface area contributed by atoms with Crippen LogP contribution < -0.4 is 5.32 Å². The summed E-state index contributed by atoms with van der Waals surface area (Å²) in [6.07, 6.45) is 0. The quantitative estimate of drug-likeness (QED) is 0.887. The molecular formula is C15H23FN2. The van der Waals surface area contributed by atoms with E-state index in [4.69, 9.17) is 0 Å². The van der Waals surface area contributed by atoms with Crippen LogP contribution in [0.1, 0.15) is 30.5 Å². The fourth-order valence-corrected chi connectivity index (χ4v) is 2.54. The Bertz CT molecular complexity index is 403. The van der Waals surface area contributed by atoms with Crippen molar-refractivity contribution in [2.45, 2.75) is 33.0 Å². The Morgan fingerprint density at radius 2 is 1.94 bits per heavy atom. The zero-order chi connectivity index (χ0) is 13.2. The minimum atomic E-state index is -1.26. The first-order chi connectivity index (χ1) is 8.47. The zero-order valence-electron chi connectivity index (χ0n) is 11.6. The van der Waals surface area contributed by atoms with Crippen LogP contribution in [0.2, 0.25) is 0 Å². The number of nitrogens with zero attached hydrogens (tertiary/aromatic N) is 1. The number of piperazine rings is 1. The Kier molecular flexibility index (Phi) is 4.03. The molecule has 1 heterocycles. The highest BCUT2D eigenvalue weighted by Crippen LogP contribution is 2.28. The lowest BCUT2D eigenvalue weighted by Gasteiger charge is -2.28. The SMILES string of the molecule is Cc1ccc(CN2CCNCC2)cc1C(C)(C)F. The van der Waals surface area contributed by atoms with Crippen LogP contribution in [0.5, 0.6) is 0 Å². The molecule has 0 atom stereocenters. The van der Waals surface area contributed by atoms with Gasteiger partial charge >= 0.3 is 0 Å². The maximum absolute atomic E-state index is 14.1. The van der Waals surface area contributed by atoms with Gasteiger partial charge in [-0.3, -0.25) is 4.90 Å². The van der Waals surface area contributed by atoms with E-state index in [2.05, 4.69) is 16.3 Å². The molecule has 0 amide bonds. The summed E-state index contributed by atoms with van der Waals surface area (Å²) in [6.45, 7) is 10.4. The van der Waals surface area contributed by atoms with E-state index in [0.29, 0.717) is 0 Å². The van der Waals surface area contributed by atoms with Gasteiger partial charge in [-0.25, -0.2) is 4.39 Å². The van der Waals surface area contributed by atoms with Crippen LogP contribution in [0, 0.1) is 6.92 Å². The smallest absolute Gasteiger partial charge is 0.130 e. The summed E-state index contributed by atoms with van der Waals surface area (Å²) in [5, 5.41) is 3.34. The van der Waals surface area contributed by atoms with Crippen molar-refractivity contribution < 1.29 is 4.39 Å². The third-order valence-corrected chi connectivity index (χ3v) is 3.56. The molecule has 0 saturated carbocycles. The fourth-order valence-electron chi connectivity index (χ4n) is 2.54. The Balaban J connectivity index is 2.14. The van der Waals surface area contributed by atoms with Gasteiger partial charge in [0.15, 0.2) is 0 Å². The maximum atomic E-state index is 14.1. The summed E-state index contributed by atoms with van der Waals surface area (Å²) in [4.78, 5) is 2.41. The lowest BCUT2D eigenvalue weighted by molar-refractivity contribution is 0.218. The average Bonchev–Trinajstić information content (AvgIpc) is 2.31. The van der Waals surface area contributed by atoms with Crippen LogP contribution >= 0.6 is 0 Å². The van der Waals surface area contributed by atoms with E-state index >= 15 is 0 Å². The molecule has 1 fully saturated rings. The van der Waals surface area contributed by atoms with Crippen LogP contribution in [-0.2, 0) is 12.2 Å². The molecule has 3 heteroatoms. The summed E-state index contributed by atoms with van der Waals surface area (Å²) < 4.78 is 14.1. The predicted molar refractivity (Wildman–Crippen MR) is 73.5 cm³/mol. The van der Waals surface area contributed by atoms with Crippen molar-refractivity contribution in [1.29, 1.82) is 0 Å². The molecule has 2 nitrogen and oxygen atoms in total. The molecule has 18 heavy (non-hydrogen) atoms. The molecule has 0 radical (unpaired) electrons. The van der Waals surface area contributed by atoms with Gasteiger partial charge in [-0.15, -0.1) is 0 Å². The minimum Gasteiger partial charge on any atom is -0.314 e. The van der Waals surface area contributed by atoms with Crippen LogP contribution in [-0.4, -0.2) is 31.1 Å². The van der Waals surface area contributed by atoms with Crippen molar-refractivity contribution in [3.63, 3.8) is 0 Å². The molecule has 1 aromatic rings. The van der Waals surface area contributed by atoms with Crippen molar-refractivity contribution in [1.82, 2.24) is 10.2 Å².